The molecule has 0 aromatic heterocycles. The Balaban J connectivity index is 0.000000287. The second kappa shape index (κ2) is 10.7. The summed E-state index contributed by atoms with van der Waals surface area (Å²) in [6.07, 6.45) is 10.7. The van der Waals surface area contributed by atoms with Gasteiger partial charge in [0, 0.05) is 17.2 Å². The van der Waals surface area contributed by atoms with Gasteiger partial charge in [0.2, 0.25) is 0 Å². The van der Waals surface area contributed by atoms with E-state index in [1.807, 2.05) is 6.07 Å². The van der Waals surface area contributed by atoms with E-state index in [-0.39, 0.29) is 0 Å². The van der Waals surface area contributed by atoms with E-state index < -0.39 is 0 Å². The molecular formula is C30H39N. The van der Waals surface area contributed by atoms with Crippen LogP contribution >= 0.6 is 0 Å². The van der Waals surface area contributed by atoms with Crippen molar-refractivity contribution in [3.8, 4) is 0 Å². The molecule has 0 fully saturated rings. The summed E-state index contributed by atoms with van der Waals surface area (Å²) in [7, 11) is 0. The maximum atomic E-state index is 6.44. The largest absolute Gasteiger partial charge is 0.401 e. The standard InChI is InChI=1S/C22H29N.C8H10/c1-5-8-14(2)21-20(13-15(3)22(21)23)19-12-11-17-9-6-7-10-18(17)16(19)4;1-2-8-6-4-3-5-7-8/h11-13,15H,2,5-10,23H2,1,3-4H3;3-7H,2H2,1H3. The summed E-state index contributed by atoms with van der Waals surface area (Å²) in [5.74, 6) is 0.309. The molecule has 0 amide bonds. The number of benzene rings is 2. The van der Waals surface area contributed by atoms with E-state index in [0.717, 1.165) is 25.0 Å². The highest BCUT2D eigenvalue weighted by Gasteiger charge is 2.26. The van der Waals surface area contributed by atoms with Crippen molar-refractivity contribution in [2.45, 2.75) is 72.6 Å². The van der Waals surface area contributed by atoms with E-state index in [1.54, 1.807) is 11.1 Å². The number of allylic oxidation sites excluding steroid dienone is 4. The predicted molar refractivity (Wildman–Crippen MR) is 136 cm³/mol. The summed E-state index contributed by atoms with van der Waals surface area (Å²) in [4.78, 5) is 0. The third kappa shape index (κ3) is 5.21. The van der Waals surface area contributed by atoms with Crippen molar-refractivity contribution in [3.05, 3.63) is 99.8 Å². The van der Waals surface area contributed by atoms with Crippen LogP contribution in [0.2, 0.25) is 0 Å². The first-order valence-corrected chi connectivity index (χ1v) is 12.0. The van der Waals surface area contributed by atoms with Crippen LogP contribution in [0.25, 0.3) is 5.57 Å². The van der Waals surface area contributed by atoms with Crippen LogP contribution in [0, 0.1) is 12.8 Å². The van der Waals surface area contributed by atoms with Gasteiger partial charge in [-0.3, -0.25) is 0 Å². The van der Waals surface area contributed by atoms with Gasteiger partial charge in [-0.2, -0.15) is 0 Å². The molecule has 1 unspecified atom stereocenters. The van der Waals surface area contributed by atoms with Crippen LogP contribution in [-0.4, -0.2) is 0 Å². The maximum Gasteiger partial charge on any atom is 0.0230 e. The average molecular weight is 414 g/mol. The molecule has 1 atom stereocenters. The first kappa shape index (κ1) is 23.1. The minimum absolute atomic E-state index is 0.309. The fraction of sp³-hybridized carbons (Fsp3) is 0.400. The summed E-state index contributed by atoms with van der Waals surface area (Å²) >= 11 is 0. The molecule has 2 aliphatic carbocycles. The molecule has 0 spiro atoms. The number of nitrogens with two attached hydrogens (primary N) is 1. The molecule has 0 heterocycles. The van der Waals surface area contributed by atoms with Crippen molar-refractivity contribution >= 4 is 5.57 Å². The molecule has 164 valence electrons. The molecule has 31 heavy (non-hydrogen) atoms. The summed E-state index contributed by atoms with van der Waals surface area (Å²) in [6, 6.07) is 15.1. The lowest BCUT2D eigenvalue weighted by Crippen LogP contribution is -2.08. The molecule has 0 saturated heterocycles. The molecule has 0 bridgehead atoms. The first-order valence-electron chi connectivity index (χ1n) is 12.0. The number of rotatable bonds is 5. The van der Waals surface area contributed by atoms with Crippen LogP contribution in [0.3, 0.4) is 0 Å². The lowest BCUT2D eigenvalue weighted by Gasteiger charge is -2.22. The molecule has 2 aliphatic rings. The molecule has 0 radical (unpaired) electrons. The number of aryl methyl sites for hydroxylation is 2. The lowest BCUT2D eigenvalue weighted by molar-refractivity contribution is 0.681. The summed E-state index contributed by atoms with van der Waals surface area (Å²) in [5.41, 5.74) is 18.5. The molecule has 2 N–H and O–H groups in total. The Bertz CT molecular complexity index is 975. The normalized spacial score (nSPS) is 17.5. The second-order valence-corrected chi connectivity index (χ2v) is 8.97. The molecule has 1 heteroatoms. The van der Waals surface area contributed by atoms with Gasteiger partial charge in [-0.25, -0.2) is 0 Å². The molecule has 2 aromatic carbocycles. The van der Waals surface area contributed by atoms with Crippen LogP contribution < -0.4 is 5.73 Å². The van der Waals surface area contributed by atoms with E-state index >= 15 is 0 Å². The minimum atomic E-state index is 0.309. The van der Waals surface area contributed by atoms with Crippen LogP contribution in [0.15, 0.2) is 72.0 Å². The van der Waals surface area contributed by atoms with Crippen molar-refractivity contribution < 1.29 is 0 Å². The van der Waals surface area contributed by atoms with Crippen LogP contribution in [0.4, 0.5) is 0 Å². The zero-order valence-electron chi connectivity index (χ0n) is 19.9. The van der Waals surface area contributed by atoms with Crippen molar-refractivity contribution in [1.29, 1.82) is 0 Å². The van der Waals surface area contributed by atoms with E-state index in [1.165, 1.54) is 59.1 Å². The van der Waals surface area contributed by atoms with Gasteiger partial charge < -0.3 is 5.73 Å². The Kier molecular flexibility index (Phi) is 7.96. The smallest absolute Gasteiger partial charge is 0.0230 e. The van der Waals surface area contributed by atoms with E-state index in [0.29, 0.717) is 5.92 Å². The molecule has 1 nitrogen and oxygen atoms in total. The van der Waals surface area contributed by atoms with E-state index in [2.05, 4.69) is 76.7 Å². The molecule has 2 aromatic rings. The van der Waals surface area contributed by atoms with Gasteiger partial charge in [0.25, 0.3) is 0 Å². The van der Waals surface area contributed by atoms with Gasteiger partial charge >= 0.3 is 0 Å². The van der Waals surface area contributed by atoms with Crippen LogP contribution in [-0.2, 0) is 19.3 Å². The van der Waals surface area contributed by atoms with Gasteiger partial charge in [-0.15, -0.1) is 0 Å². The fourth-order valence-electron chi connectivity index (χ4n) is 4.87. The summed E-state index contributed by atoms with van der Waals surface area (Å²) in [5, 5.41) is 0. The number of hydrogen-bond acceptors (Lipinski definition) is 1. The van der Waals surface area contributed by atoms with Crippen molar-refractivity contribution in [3.63, 3.8) is 0 Å². The highest BCUT2D eigenvalue weighted by atomic mass is 14.6. The number of hydrogen-bond donors (Lipinski definition) is 1. The van der Waals surface area contributed by atoms with Gasteiger partial charge in [0.1, 0.15) is 0 Å². The summed E-state index contributed by atoms with van der Waals surface area (Å²) < 4.78 is 0. The quantitative estimate of drug-likeness (QED) is 0.533. The third-order valence-electron chi connectivity index (χ3n) is 6.73. The average Bonchev–Trinajstić information content (AvgIpc) is 3.09. The van der Waals surface area contributed by atoms with Gasteiger partial charge in [-0.05, 0) is 84.4 Å². The summed E-state index contributed by atoms with van der Waals surface area (Å²) in [6.45, 7) is 13.2. The molecule has 0 saturated carbocycles. The Morgan fingerprint density at radius 1 is 1.03 bits per heavy atom. The van der Waals surface area contributed by atoms with Crippen molar-refractivity contribution in [2.24, 2.45) is 11.7 Å². The highest BCUT2D eigenvalue weighted by Crippen LogP contribution is 2.42. The zero-order valence-corrected chi connectivity index (χ0v) is 19.9. The molecular weight excluding hydrogens is 374 g/mol. The Morgan fingerprint density at radius 3 is 2.39 bits per heavy atom. The molecule has 0 aliphatic heterocycles. The Hall–Kier alpha value is -2.54. The van der Waals surface area contributed by atoms with Gasteiger partial charge in [0.05, 0.1) is 0 Å². The van der Waals surface area contributed by atoms with E-state index in [9.17, 15) is 0 Å². The van der Waals surface area contributed by atoms with E-state index in [4.69, 9.17) is 5.73 Å². The minimum Gasteiger partial charge on any atom is -0.401 e. The lowest BCUT2D eigenvalue weighted by atomic mass is 9.83. The predicted octanol–water partition coefficient (Wildman–Crippen LogP) is 7.73. The van der Waals surface area contributed by atoms with Crippen LogP contribution in [0.1, 0.15) is 74.3 Å². The zero-order chi connectivity index (χ0) is 22.4. The number of fused-ring (bicyclic) bond motifs is 1. The molecule has 4 rings (SSSR count). The monoisotopic (exact) mass is 413 g/mol. The van der Waals surface area contributed by atoms with Gasteiger partial charge in [0.15, 0.2) is 0 Å². The Morgan fingerprint density at radius 2 is 1.74 bits per heavy atom. The Labute approximate surface area is 189 Å². The van der Waals surface area contributed by atoms with Crippen LogP contribution in [0.5, 0.6) is 0 Å². The topological polar surface area (TPSA) is 26.0 Å². The second-order valence-electron chi connectivity index (χ2n) is 8.97. The highest BCUT2D eigenvalue weighted by molar-refractivity contribution is 5.89. The SMILES string of the molecule is C=C(CCC)C1=C(N)C(C)C=C1c1ccc2c(c1C)CCCC2.CCc1ccccc1. The first-order chi connectivity index (χ1) is 15.0. The van der Waals surface area contributed by atoms with Crippen molar-refractivity contribution in [1.82, 2.24) is 0 Å². The fourth-order valence-corrected chi connectivity index (χ4v) is 4.87. The third-order valence-corrected chi connectivity index (χ3v) is 6.73. The van der Waals surface area contributed by atoms with Crippen molar-refractivity contribution in [2.75, 3.05) is 0 Å². The maximum absolute atomic E-state index is 6.44. The van der Waals surface area contributed by atoms with Gasteiger partial charge in [-0.1, -0.05) is 82.3 Å².